The van der Waals surface area contributed by atoms with E-state index in [1.54, 1.807) is 11.1 Å². The molecule has 4 rings (SSSR count). The Kier molecular flexibility index (Phi) is 6.28. The second-order valence-electron chi connectivity index (χ2n) is 10.2. The predicted octanol–water partition coefficient (Wildman–Crippen LogP) is 9.45. The molecule has 0 atom stereocenters. The van der Waals surface area contributed by atoms with Crippen molar-refractivity contribution in [1.82, 2.24) is 0 Å². The minimum Gasteiger partial charge on any atom is -0.0693 e. The van der Waals surface area contributed by atoms with Gasteiger partial charge in [0, 0.05) is 12.5 Å². The van der Waals surface area contributed by atoms with Crippen molar-refractivity contribution in [1.29, 1.82) is 0 Å². The van der Waals surface area contributed by atoms with Gasteiger partial charge in [-0.2, -0.15) is 0 Å². The van der Waals surface area contributed by atoms with Gasteiger partial charge >= 0.3 is 0 Å². The van der Waals surface area contributed by atoms with E-state index in [1.165, 1.54) is 80.5 Å². The van der Waals surface area contributed by atoms with Crippen LogP contribution < -0.4 is 0 Å². The van der Waals surface area contributed by atoms with Crippen molar-refractivity contribution in [3.05, 3.63) is 57.6 Å². The molecular weight excluding hydrogens is 444 g/mol. The highest BCUT2D eigenvalue weighted by Crippen LogP contribution is 2.42. The Bertz CT molecular complexity index is 1180. The van der Waals surface area contributed by atoms with Gasteiger partial charge in [0.25, 0.3) is 0 Å². The molecule has 0 nitrogen and oxygen atoms in total. The van der Waals surface area contributed by atoms with Crippen LogP contribution in [0.1, 0.15) is 56.2 Å². The van der Waals surface area contributed by atoms with Crippen molar-refractivity contribution in [2.24, 2.45) is 0 Å². The summed E-state index contributed by atoms with van der Waals surface area (Å²) in [5, 5.41) is 8.81. The van der Waals surface area contributed by atoms with Crippen molar-refractivity contribution in [2.75, 3.05) is 0 Å². The number of hydrogen-bond donors (Lipinski definition) is 0. The number of rotatable bonds is 8. The van der Waals surface area contributed by atoms with Crippen LogP contribution in [0.15, 0.2) is 40.9 Å². The lowest BCUT2D eigenvalue weighted by molar-refractivity contribution is 0.798. The second-order valence-corrected chi connectivity index (χ2v) is 16.6. The molecule has 0 radical (unpaired) electrons. The zero-order valence-corrected chi connectivity index (χ0v) is 21.9. The van der Waals surface area contributed by atoms with E-state index in [0.29, 0.717) is 0 Å². The molecule has 0 aliphatic rings. The smallest absolute Gasteiger partial charge is 0.0487 e. The zero-order valence-electron chi connectivity index (χ0n) is 19.3. The van der Waals surface area contributed by atoms with E-state index in [4.69, 9.17) is 0 Å². The van der Waals surface area contributed by atoms with Gasteiger partial charge in [-0.3, -0.25) is 0 Å². The molecule has 0 unspecified atom stereocenters. The first kappa shape index (κ1) is 21.8. The molecular formula is C28H35BrSi. The van der Waals surface area contributed by atoms with Crippen molar-refractivity contribution in [2.45, 2.75) is 78.1 Å². The molecule has 0 heterocycles. The molecule has 0 spiro atoms. The summed E-state index contributed by atoms with van der Waals surface area (Å²) in [7, 11) is -1.22. The Labute approximate surface area is 191 Å². The van der Waals surface area contributed by atoms with E-state index >= 15 is 0 Å². The highest BCUT2D eigenvalue weighted by Gasteiger charge is 2.21. The molecule has 0 amide bonds. The molecule has 0 saturated heterocycles. The van der Waals surface area contributed by atoms with Gasteiger partial charge in [-0.1, -0.05) is 92.6 Å². The maximum Gasteiger partial charge on any atom is 0.0487 e. The van der Waals surface area contributed by atoms with Crippen LogP contribution in [0.25, 0.3) is 32.3 Å². The van der Waals surface area contributed by atoms with Gasteiger partial charge in [-0.05, 0) is 86.8 Å². The highest BCUT2D eigenvalue weighted by atomic mass is 79.9. The van der Waals surface area contributed by atoms with Gasteiger partial charge in [0.2, 0.25) is 0 Å². The average Bonchev–Trinajstić information content (AvgIpc) is 2.70. The van der Waals surface area contributed by atoms with Crippen LogP contribution in [-0.4, -0.2) is 8.07 Å². The third kappa shape index (κ3) is 4.06. The van der Waals surface area contributed by atoms with Gasteiger partial charge in [0.1, 0.15) is 0 Å². The molecule has 4 aromatic rings. The summed E-state index contributed by atoms with van der Waals surface area (Å²) in [5.41, 5.74) is 4.63. The molecule has 0 aliphatic carbocycles. The number of benzene rings is 4. The van der Waals surface area contributed by atoms with Gasteiger partial charge < -0.3 is 0 Å². The van der Waals surface area contributed by atoms with Crippen molar-refractivity contribution >= 4 is 56.3 Å². The topological polar surface area (TPSA) is 0 Å². The standard InChI is InChI=1S/C28H35BrSi/c1-6-8-10-19-16-21(18-30(3,4)5)24-13-12-23-20(11-9-7-2)17-26(29)25-15-14-22(19)27(24)28(23)25/h12-17H,6-11,18H2,1-5H3. The minimum atomic E-state index is -1.22. The largest absolute Gasteiger partial charge is 0.0693 e. The summed E-state index contributed by atoms with van der Waals surface area (Å²) in [4.78, 5) is 0. The Balaban J connectivity index is 2.10. The van der Waals surface area contributed by atoms with Crippen LogP contribution in [0.4, 0.5) is 0 Å². The number of aryl methyl sites for hydroxylation is 2. The fraction of sp³-hybridized carbons (Fsp3) is 0.429. The van der Waals surface area contributed by atoms with E-state index in [1.807, 2.05) is 0 Å². The van der Waals surface area contributed by atoms with E-state index in [-0.39, 0.29) is 0 Å². The maximum absolute atomic E-state index is 3.92. The zero-order chi connectivity index (χ0) is 21.5. The summed E-state index contributed by atoms with van der Waals surface area (Å²) in [6, 6.07) is 15.8. The third-order valence-electron chi connectivity index (χ3n) is 6.43. The van der Waals surface area contributed by atoms with Crippen LogP contribution in [0.2, 0.25) is 19.6 Å². The third-order valence-corrected chi connectivity index (χ3v) is 8.52. The lowest BCUT2D eigenvalue weighted by Gasteiger charge is -2.22. The second kappa shape index (κ2) is 8.63. The molecule has 2 heteroatoms. The average molecular weight is 480 g/mol. The maximum atomic E-state index is 3.92. The summed E-state index contributed by atoms with van der Waals surface area (Å²) in [6.45, 7) is 12.1. The summed E-state index contributed by atoms with van der Waals surface area (Å²) >= 11 is 3.92. The number of halogens is 1. The molecule has 0 aromatic heterocycles. The molecule has 0 N–H and O–H groups in total. The Hall–Kier alpha value is -1.38. The van der Waals surface area contributed by atoms with E-state index in [2.05, 4.69) is 85.8 Å². The van der Waals surface area contributed by atoms with Crippen LogP contribution in [0.3, 0.4) is 0 Å². The van der Waals surface area contributed by atoms with Crippen molar-refractivity contribution < 1.29 is 0 Å². The molecule has 0 aliphatic heterocycles. The van der Waals surface area contributed by atoms with Gasteiger partial charge in [0.05, 0.1) is 0 Å². The molecule has 30 heavy (non-hydrogen) atoms. The quantitative estimate of drug-likeness (QED) is 0.174. The lowest BCUT2D eigenvalue weighted by atomic mass is 9.86. The van der Waals surface area contributed by atoms with Crippen LogP contribution >= 0.6 is 15.9 Å². The van der Waals surface area contributed by atoms with Crippen molar-refractivity contribution in [3.63, 3.8) is 0 Å². The first-order valence-corrected chi connectivity index (χ1v) is 16.2. The van der Waals surface area contributed by atoms with E-state index < -0.39 is 8.07 Å². The SMILES string of the molecule is CCCCc1cc(Br)c2ccc3c(CCCC)cc(C[Si](C)(C)C)c4ccc1c2c34. The Morgan fingerprint density at radius 3 is 1.67 bits per heavy atom. The Morgan fingerprint density at radius 1 is 0.667 bits per heavy atom. The molecule has 158 valence electrons. The molecule has 0 bridgehead atoms. The normalized spacial score (nSPS) is 12.6. The van der Waals surface area contributed by atoms with Gasteiger partial charge in [0.15, 0.2) is 0 Å². The van der Waals surface area contributed by atoms with Crippen LogP contribution in [0.5, 0.6) is 0 Å². The fourth-order valence-corrected chi connectivity index (χ4v) is 7.08. The summed E-state index contributed by atoms with van der Waals surface area (Å²) in [5.74, 6) is 0. The summed E-state index contributed by atoms with van der Waals surface area (Å²) in [6.07, 6.45) is 7.35. The van der Waals surface area contributed by atoms with Crippen LogP contribution in [-0.2, 0) is 18.9 Å². The molecule has 4 aromatic carbocycles. The van der Waals surface area contributed by atoms with E-state index in [0.717, 1.165) is 6.42 Å². The van der Waals surface area contributed by atoms with Crippen LogP contribution in [0, 0.1) is 0 Å². The predicted molar refractivity (Wildman–Crippen MR) is 142 cm³/mol. The van der Waals surface area contributed by atoms with Gasteiger partial charge in [-0.15, -0.1) is 0 Å². The fourth-order valence-electron chi connectivity index (χ4n) is 5.04. The van der Waals surface area contributed by atoms with Gasteiger partial charge in [-0.25, -0.2) is 0 Å². The lowest BCUT2D eigenvalue weighted by Crippen LogP contribution is -2.24. The molecule has 0 saturated carbocycles. The first-order valence-electron chi connectivity index (χ1n) is 11.7. The number of unbranched alkanes of at least 4 members (excludes halogenated alkanes) is 2. The summed E-state index contributed by atoms with van der Waals surface area (Å²) < 4.78 is 1.25. The Morgan fingerprint density at radius 2 is 1.13 bits per heavy atom. The monoisotopic (exact) mass is 478 g/mol. The first-order chi connectivity index (χ1) is 14.3. The minimum absolute atomic E-state index is 1.16. The molecule has 0 fully saturated rings. The highest BCUT2D eigenvalue weighted by molar-refractivity contribution is 9.10. The number of hydrogen-bond acceptors (Lipinski definition) is 0. The van der Waals surface area contributed by atoms with E-state index in [9.17, 15) is 0 Å². The van der Waals surface area contributed by atoms with Crippen molar-refractivity contribution in [3.8, 4) is 0 Å².